The third-order valence-electron chi connectivity index (χ3n) is 7.07. The van der Waals surface area contributed by atoms with E-state index in [4.69, 9.17) is 10.5 Å². The summed E-state index contributed by atoms with van der Waals surface area (Å²) in [5, 5.41) is -0.0368. The van der Waals surface area contributed by atoms with Gasteiger partial charge in [0.2, 0.25) is 0 Å². The molecule has 2 aliphatic heterocycles. The van der Waals surface area contributed by atoms with Crippen LogP contribution in [0.3, 0.4) is 0 Å². The van der Waals surface area contributed by atoms with Gasteiger partial charge in [-0.3, -0.25) is 0 Å². The van der Waals surface area contributed by atoms with E-state index in [2.05, 4.69) is 4.98 Å². The van der Waals surface area contributed by atoms with Gasteiger partial charge < -0.3 is 10.5 Å². The zero-order chi connectivity index (χ0) is 22.8. The van der Waals surface area contributed by atoms with Crippen molar-refractivity contribution in [2.75, 3.05) is 38.6 Å². The van der Waals surface area contributed by atoms with Gasteiger partial charge >= 0.3 is 0 Å². The summed E-state index contributed by atoms with van der Waals surface area (Å²) in [6, 6.07) is 2.58. The lowest BCUT2D eigenvalue weighted by atomic mass is 9.79. The summed E-state index contributed by atoms with van der Waals surface area (Å²) in [5.41, 5.74) is 6.35. The zero-order valence-corrected chi connectivity index (χ0v) is 20.1. The van der Waals surface area contributed by atoms with Crippen LogP contribution >= 0.6 is 0 Å². The molecule has 9 nitrogen and oxygen atoms in total. The lowest BCUT2D eigenvalue weighted by molar-refractivity contribution is 0.0699. The number of ether oxygens (including phenoxy) is 1. The van der Waals surface area contributed by atoms with E-state index >= 15 is 0 Å². The highest BCUT2D eigenvalue weighted by Crippen LogP contribution is 2.39. The monoisotopic (exact) mass is 486 g/mol. The molecule has 11 heteroatoms. The highest BCUT2D eigenvalue weighted by atomic mass is 32.2. The van der Waals surface area contributed by atoms with Crippen LogP contribution in [0.2, 0.25) is 0 Å². The van der Waals surface area contributed by atoms with Crippen LogP contribution < -0.4 is 5.73 Å². The van der Waals surface area contributed by atoms with E-state index in [0.29, 0.717) is 50.8 Å². The molecule has 32 heavy (non-hydrogen) atoms. The van der Waals surface area contributed by atoms with Crippen molar-refractivity contribution in [1.29, 1.82) is 0 Å². The number of hydrogen-bond donors (Lipinski definition) is 1. The van der Waals surface area contributed by atoms with Gasteiger partial charge in [0.15, 0.2) is 14.9 Å². The van der Waals surface area contributed by atoms with Gasteiger partial charge in [-0.25, -0.2) is 13.4 Å². The van der Waals surface area contributed by atoms with Crippen molar-refractivity contribution in [2.24, 2.45) is 17.6 Å². The number of aromatic nitrogens is 1. The molecular weight excluding hydrogens is 452 g/mol. The van der Waals surface area contributed by atoms with Gasteiger partial charge in [0.1, 0.15) is 0 Å². The van der Waals surface area contributed by atoms with E-state index in [9.17, 15) is 16.8 Å². The van der Waals surface area contributed by atoms with Crippen LogP contribution in [0, 0.1) is 11.8 Å². The van der Waals surface area contributed by atoms with E-state index < -0.39 is 26.1 Å². The minimum atomic E-state index is -3.77. The summed E-state index contributed by atoms with van der Waals surface area (Å²) < 4.78 is 61.7. The summed E-state index contributed by atoms with van der Waals surface area (Å²) in [7, 11) is -7.54. The Morgan fingerprint density at radius 2 is 1.78 bits per heavy atom. The molecule has 0 radical (unpaired) electrons. The van der Waals surface area contributed by atoms with Crippen molar-refractivity contribution < 1.29 is 21.6 Å². The standard InChI is InChI=1S/C21H34N4O5S2/c22-14-17-6-7-23-21(12-17)31(26,27)16-20-13-19(18-4-2-1-3-5-18)15-25(20)32(28,29)24-8-10-30-11-9-24/h6-7,12,18-20H,1-5,8-11,13-16,22H2/t19-,20+/m0/s1. The molecular formula is C21H34N4O5S2. The fourth-order valence-corrected chi connectivity index (χ4v) is 8.78. The quantitative estimate of drug-likeness (QED) is 0.613. The average Bonchev–Trinajstić information content (AvgIpc) is 3.24. The Kier molecular flexibility index (Phi) is 7.53. The highest BCUT2D eigenvalue weighted by Gasteiger charge is 2.46. The second-order valence-electron chi connectivity index (χ2n) is 9.12. The van der Waals surface area contributed by atoms with Gasteiger partial charge in [-0.15, -0.1) is 0 Å². The second-order valence-corrected chi connectivity index (χ2v) is 13.0. The largest absolute Gasteiger partial charge is 0.379 e. The SMILES string of the molecule is NCc1ccnc(S(=O)(=O)C[C@H]2C[C@H](C3CCCCC3)CN2S(=O)(=O)N2CCOCC2)c1. The van der Waals surface area contributed by atoms with Gasteiger partial charge in [-0.1, -0.05) is 32.1 Å². The summed E-state index contributed by atoms with van der Waals surface area (Å²) >= 11 is 0. The van der Waals surface area contributed by atoms with Gasteiger partial charge in [0.25, 0.3) is 10.2 Å². The molecule has 3 aliphatic rings. The van der Waals surface area contributed by atoms with Crippen LogP contribution in [0.15, 0.2) is 23.4 Å². The van der Waals surface area contributed by atoms with E-state index in [1.165, 1.54) is 27.3 Å². The first-order valence-electron chi connectivity index (χ1n) is 11.5. The van der Waals surface area contributed by atoms with E-state index in [-0.39, 0.29) is 23.2 Å². The number of sulfone groups is 1. The molecule has 3 fully saturated rings. The van der Waals surface area contributed by atoms with Crippen molar-refractivity contribution in [2.45, 2.75) is 56.1 Å². The van der Waals surface area contributed by atoms with Crippen LogP contribution in [-0.2, 0) is 31.3 Å². The molecule has 2 saturated heterocycles. The van der Waals surface area contributed by atoms with Crippen LogP contribution in [0.5, 0.6) is 0 Å². The maximum atomic E-state index is 13.5. The Morgan fingerprint density at radius 3 is 2.47 bits per heavy atom. The molecule has 0 unspecified atom stereocenters. The zero-order valence-electron chi connectivity index (χ0n) is 18.4. The summed E-state index contributed by atoms with van der Waals surface area (Å²) in [4.78, 5) is 4.05. The number of pyridine rings is 1. The van der Waals surface area contributed by atoms with Crippen molar-refractivity contribution in [1.82, 2.24) is 13.6 Å². The first kappa shape index (κ1) is 24.0. The van der Waals surface area contributed by atoms with Gasteiger partial charge in [0.05, 0.1) is 19.0 Å². The van der Waals surface area contributed by atoms with Crippen molar-refractivity contribution in [3.63, 3.8) is 0 Å². The molecule has 0 amide bonds. The smallest absolute Gasteiger partial charge is 0.282 e. The summed E-state index contributed by atoms with van der Waals surface area (Å²) in [6.07, 6.45) is 7.75. The fourth-order valence-electron chi connectivity index (χ4n) is 5.31. The topological polar surface area (TPSA) is 123 Å². The van der Waals surface area contributed by atoms with E-state index in [1.54, 1.807) is 6.07 Å². The number of hydrogen-bond acceptors (Lipinski definition) is 7. The van der Waals surface area contributed by atoms with Crippen LogP contribution in [-0.4, -0.2) is 75.1 Å². The van der Waals surface area contributed by atoms with Gasteiger partial charge in [-0.05, 0) is 36.0 Å². The maximum Gasteiger partial charge on any atom is 0.282 e. The maximum absolute atomic E-state index is 13.5. The fraction of sp³-hybridized carbons (Fsp3) is 0.762. The predicted octanol–water partition coefficient (Wildman–Crippen LogP) is 1.16. The molecule has 1 aliphatic carbocycles. The third kappa shape index (κ3) is 5.18. The number of nitrogens with two attached hydrogens (primary N) is 1. The Morgan fingerprint density at radius 1 is 1.06 bits per heavy atom. The van der Waals surface area contributed by atoms with Crippen molar-refractivity contribution in [3.8, 4) is 0 Å². The average molecular weight is 487 g/mol. The van der Waals surface area contributed by atoms with Crippen LogP contribution in [0.4, 0.5) is 0 Å². The molecule has 4 rings (SSSR count). The Bertz CT molecular complexity index is 989. The number of nitrogens with zero attached hydrogens (tertiary/aromatic N) is 3. The van der Waals surface area contributed by atoms with Gasteiger partial charge in [-0.2, -0.15) is 17.0 Å². The lowest BCUT2D eigenvalue weighted by Crippen LogP contribution is -2.51. The first-order valence-corrected chi connectivity index (χ1v) is 14.6. The minimum Gasteiger partial charge on any atom is -0.379 e. The van der Waals surface area contributed by atoms with Crippen LogP contribution in [0.1, 0.15) is 44.1 Å². The summed E-state index contributed by atoms with van der Waals surface area (Å²) in [5.74, 6) is 0.382. The molecule has 2 atom stereocenters. The molecule has 0 bridgehead atoms. The van der Waals surface area contributed by atoms with Crippen LogP contribution in [0.25, 0.3) is 0 Å². The summed E-state index contributed by atoms with van der Waals surface area (Å²) in [6.45, 7) is 1.92. The number of morpholine rings is 1. The van der Waals surface area contributed by atoms with Crippen molar-refractivity contribution in [3.05, 3.63) is 23.9 Å². The molecule has 180 valence electrons. The highest BCUT2D eigenvalue weighted by molar-refractivity contribution is 7.91. The van der Waals surface area contributed by atoms with Gasteiger partial charge in [0, 0.05) is 38.4 Å². The number of rotatable bonds is 7. The Labute approximate surface area is 191 Å². The minimum absolute atomic E-state index is 0.0368. The second kappa shape index (κ2) is 10.0. The third-order valence-corrected chi connectivity index (χ3v) is 10.8. The molecule has 0 spiro atoms. The molecule has 3 heterocycles. The molecule has 0 aromatic carbocycles. The first-order chi connectivity index (χ1) is 15.3. The molecule has 1 aromatic rings. The molecule has 2 N–H and O–H groups in total. The molecule has 1 saturated carbocycles. The normalized spacial score (nSPS) is 27.0. The molecule has 1 aromatic heterocycles. The van der Waals surface area contributed by atoms with Crippen molar-refractivity contribution >= 4 is 20.0 Å². The van der Waals surface area contributed by atoms with E-state index in [1.807, 2.05) is 0 Å². The Hall–Kier alpha value is -1.11. The predicted molar refractivity (Wildman–Crippen MR) is 121 cm³/mol. The van der Waals surface area contributed by atoms with E-state index in [0.717, 1.165) is 25.7 Å². The Balaban J connectivity index is 1.60. The lowest BCUT2D eigenvalue weighted by Gasteiger charge is -2.33.